The molecular weight excluding hydrogens is 216 g/mol. The predicted molar refractivity (Wildman–Crippen MR) is 65.8 cm³/mol. The summed E-state index contributed by atoms with van der Waals surface area (Å²) in [6.45, 7) is 1.97. The fraction of sp³-hybridized carbons (Fsp3) is 0.615. The first-order valence-corrected chi connectivity index (χ1v) is 6.35. The molecule has 1 aromatic rings. The van der Waals surface area contributed by atoms with Crippen molar-refractivity contribution in [1.82, 2.24) is 5.32 Å². The quantitative estimate of drug-likeness (QED) is 0.841. The topological polar surface area (TPSA) is 68.3 Å². The van der Waals surface area contributed by atoms with E-state index in [2.05, 4.69) is 5.32 Å². The van der Waals surface area contributed by atoms with Crippen molar-refractivity contribution in [2.75, 3.05) is 0 Å². The molecule has 0 aromatic carbocycles. The summed E-state index contributed by atoms with van der Waals surface area (Å²) in [4.78, 5) is 12.1. The summed E-state index contributed by atoms with van der Waals surface area (Å²) < 4.78 is 5.26. The number of hydrogen-bond acceptors (Lipinski definition) is 3. The Kier molecular flexibility index (Phi) is 3.84. The lowest BCUT2D eigenvalue weighted by molar-refractivity contribution is 0.0919. The molecule has 1 fully saturated rings. The molecule has 17 heavy (non-hydrogen) atoms. The molecule has 4 nitrogen and oxygen atoms in total. The van der Waals surface area contributed by atoms with Crippen LogP contribution in [0.2, 0.25) is 0 Å². The van der Waals surface area contributed by atoms with E-state index in [4.69, 9.17) is 10.2 Å². The molecule has 3 N–H and O–H groups in total. The van der Waals surface area contributed by atoms with Crippen LogP contribution in [-0.2, 0) is 6.42 Å². The van der Waals surface area contributed by atoms with Gasteiger partial charge in [-0.05, 0) is 18.9 Å². The number of hydrogen-bond donors (Lipinski definition) is 2. The maximum atomic E-state index is 12.1. The first-order chi connectivity index (χ1) is 8.22. The third kappa shape index (κ3) is 2.69. The molecule has 1 aliphatic rings. The normalized spacial score (nSPS) is 24.6. The SMILES string of the molecule is CCc1occc1C(=O)NC1CCCCC1N. The Labute approximate surface area is 102 Å². The molecule has 2 rings (SSSR count). The summed E-state index contributed by atoms with van der Waals surface area (Å²) in [6.07, 6.45) is 6.58. The van der Waals surface area contributed by atoms with Gasteiger partial charge in [-0.2, -0.15) is 0 Å². The zero-order valence-electron chi connectivity index (χ0n) is 10.2. The lowest BCUT2D eigenvalue weighted by Crippen LogP contribution is -2.49. The van der Waals surface area contributed by atoms with Crippen LogP contribution < -0.4 is 11.1 Å². The van der Waals surface area contributed by atoms with Crippen molar-refractivity contribution in [2.45, 2.75) is 51.1 Å². The van der Waals surface area contributed by atoms with E-state index in [0.717, 1.165) is 31.4 Å². The van der Waals surface area contributed by atoms with Gasteiger partial charge in [0.2, 0.25) is 0 Å². The third-order valence-electron chi connectivity index (χ3n) is 3.45. The van der Waals surface area contributed by atoms with E-state index in [1.54, 1.807) is 12.3 Å². The lowest BCUT2D eigenvalue weighted by Gasteiger charge is -2.29. The first kappa shape index (κ1) is 12.2. The highest BCUT2D eigenvalue weighted by atomic mass is 16.3. The number of carbonyl (C=O) groups excluding carboxylic acids is 1. The second kappa shape index (κ2) is 5.36. The van der Waals surface area contributed by atoms with Crippen LogP contribution in [0.25, 0.3) is 0 Å². The zero-order chi connectivity index (χ0) is 12.3. The molecule has 0 aliphatic heterocycles. The number of nitrogens with one attached hydrogen (secondary N) is 1. The summed E-state index contributed by atoms with van der Waals surface area (Å²) in [5.74, 6) is 0.685. The van der Waals surface area contributed by atoms with Crippen molar-refractivity contribution in [3.8, 4) is 0 Å². The minimum Gasteiger partial charge on any atom is -0.469 e. The molecule has 1 amide bonds. The Morgan fingerprint density at radius 2 is 2.29 bits per heavy atom. The van der Waals surface area contributed by atoms with E-state index < -0.39 is 0 Å². The molecule has 0 saturated heterocycles. The van der Waals surface area contributed by atoms with Gasteiger partial charge in [0.1, 0.15) is 5.76 Å². The first-order valence-electron chi connectivity index (χ1n) is 6.35. The zero-order valence-corrected chi connectivity index (χ0v) is 10.2. The average molecular weight is 236 g/mol. The molecule has 2 atom stereocenters. The standard InChI is InChI=1S/C13H20N2O2/c1-2-12-9(7-8-17-12)13(16)15-11-6-4-3-5-10(11)14/h7-8,10-11H,2-6,14H2,1H3,(H,15,16). The molecule has 0 radical (unpaired) electrons. The highest BCUT2D eigenvalue weighted by molar-refractivity contribution is 5.95. The van der Waals surface area contributed by atoms with E-state index in [1.807, 2.05) is 6.92 Å². The van der Waals surface area contributed by atoms with Gasteiger partial charge in [0.25, 0.3) is 5.91 Å². The number of carbonyl (C=O) groups is 1. The van der Waals surface area contributed by atoms with Crippen molar-refractivity contribution in [3.05, 3.63) is 23.7 Å². The van der Waals surface area contributed by atoms with Gasteiger partial charge in [0.15, 0.2) is 0 Å². The minimum absolute atomic E-state index is 0.0575. The Balaban J connectivity index is 2.01. The van der Waals surface area contributed by atoms with Gasteiger partial charge < -0.3 is 15.5 Å². The van der Waals surface area contributed by atoms with Crippen LogP contribution in [-0.4, -0.2) is 18.0 Å². The lowest BCUT2D eigenvalue weighted by atomic mass is 9.91. The summed E-state index contributed by atoms with van der Waals surface area (Å²) in [6, 6.07) is 1.92. The summed E-state index contributed by atoms with van der Waals surface area (Å²) in [5, 5.41) is 3.02. The van der Waals surface area contributed by atoms with Crippen molar-refractivity contribution in [3.63, 3.8) is 0 Å². The third-order valence-corrected chi connectivity index (χ3v) is 3.45. The number of nitrogens with two attached hydrogens (primary N) is 1. The van der Waals surface area contributed by atoms with Gasteiger partial charge >= 0.3 is 0 Å². The molecule has 1 aromatic heterocycles. The van der Waals surface area contributed by atoms with Crippen LogP contribution in [0.5, 0.6) is 0 Å². The van der Waals surface area contributed by atoms with Crippen LogP contribution in [0.3, 0.4) is 0 Å². The second-order valence-corrected chi connectivity index (χ2v) is 4.64. The Morgan fingerprint density at radius 3 is 3.00 bits per heavy atom. The number of aryl methyl sites for hydroxylation is 1. The maximum absolute atomic E-state index is 12.1. The highest BCUT2D eigenvalue weighted by Gasteiger charge is 2.24. The summed E-state index contributed by atoms with van der Waals surface area (Å²) in [7, 11) is 0. The van der Waals surface area contributed by atoms with Crippen molar-refractivity contribution >= 4 is 5.91 Å². The van der Waals surface area contributed by atoms with Gasteiger partial charge in [-0.3, -0.25) is 4.79 Å². The molecule has 2 unspecified atom stereocenters. The molecule has 1 saturated carbocycles. The number of amides is 1. The summed E-state index contributed by atoms with van der Waals surface area (Å²) in [5.41, 5.74) is 6.66. The molecule has 1 aliphatic carbocycles. The molecule has 0 spiro atoms. The largest absolute Gasteiger partial charge is 0.469 e. The maximum Gasteiger partial charge on any atom is 0.255 e. The van der Waals surface area contributed by atoms with Crippen molar-refractivity contribution < 1.29 is 9.21 Å². The monoisotopic (exact) mass is 236 g/mol. The van der Waals surface area contributed by atoms with Gasteiger partial charge in [-0.25, -0.2) is 0 Å². The fourth-order valence-electron chi connectivity index (χ4n) is 2.40. The predicted octanol–water partition coefficient (Wildman–Crippen LogP) is 1.84. The Hall–Kier alpha value is -1.29. The molecular formula is C13H20N2O2. The Morgan fingerprint density at radius 1 is 1.53 bits per heavy atom. The molecule has 94 valence electrons. The van der Waals surface area contributed by atoms with Gasteiger partial charge in [0.05, 0.1) is 11.8 Å². The van der Waals surface area contributed by atoms with Gasteiger partial charge in [-0.1, -0.05) is 19.8 Å². The van der Waals surface area contributed by atoms with Crippen LogP contribution in [0.4, 0.5) is 0 Å². The smallest absolute Gasteiger partial charge is 0.255 e. The highest BCUT2D eigenvalue weighted by Crippen LogP contribution is 2.18. The number of furan rings is 1. The van der Waals surface area contributed by atoms with Gasteiger partial charge in [-0.15, -0.1) is 0 Å². The molecule has 1 heterocycles. The van der Waals surface area contributed by atoms with E-state index in [1.165, 1.54) is 6.42 Å². The van der Waals surface area contributed by atoms with E-state index in [9.17, 15) is 4.79 Å². The molecule has 4 heteroatoms. The number of rotatable bonds is 3. The van der Waals surface area contributed by atoms with Crippen molar-refractivity contribution in [1.29, 1.82) is 0 Å². The van der Waals surface area contributed by atoms with Crippen molar-refractivity contribution in [2.24, 2.45) is 5.73 Å². The fourth-order valence-corrected chi connectivity index (χ4v) is 2.40. The minimum atomic E-state index is -0.0575. The molecule has 0 bridgehead atoms. The van der Waals surface area contributed by atoms with Crippen LogP contribution >= 0.6 is 0 Å². The second-order valence-electron chi connectivity index (χ2n) is 4.64. The Bertz CT molecular complexity index is 387. The van der Waals surface area contributed by atoms with Crippen LogP contribution in [0.1, 0.15) is 48.7 Å². The van der Waals surface area contributed by atoms with E-state index in [-0.39, 0.29) is 18.0 Å². The summed E-state index contributed by atoms with van der Waals surface area (Å²) >= 11 is 0. The van der Waals surface area contributed by atoms with Gasteiger partial charge in [0, 0.05) is 18.5 Å². The van der Waals surface area contributed by atoms with E-state index >= 15 is 0 Å². The average Bonchev–Trinajstić information content (AvgIpc) is 2.80. The van der Waals surface area contributed by atoms with Crippen LogP contribution in [0.15, 0.2) is 16.7 Å². The van der Waals surface area contributed by atoms with Crippen LogP contribution in [0, 0.1) is 0 Å². The van der Waals surface area contributed by atoms with E-state index in [0.29, 0.717) is 5.56 Å².